The molecule has 0 fully saturated rings. The Kier molecular flexibility index (Phi) is 4.41. The Morgan fingerprint density at radius 2 is 2.04 bits per heavy atom. The lowest BCUT2D eigenvalue weighted by Crippen LogP contribution is -2.31. The zero-order valence-corrected chi connectivity index (χ0v) is 16.1. The van der Waals surface area contributed by atoms with Crippen LogP contribution in [-0.4, -0.2) is 26.6 Å². The van der Waals surface area contributed by atoms with E-state index in [9.17, 15) is 4.21 Å². The van der Waals surface area contributed by atoms with Crippen LogP contribution in [0.2, 0.25) is 0 Å². The third kappa shape index (κ3) is 2.67. The van der Waals surface area contributed by atoms with Gasteiger partial charge in [0.25, 0.3) is 0 Å². The van der Waals surface area contributed by atoms with Crippen LogP contribution in [0.15, 0.2) is 54.1 Å². The first-order valence-electron chi connectivity index (χ1n) is 8.85. The van der Waals surface area contributed by atoms with E-state index in [0.717, 1.165) is 46.8 Å². The predicted octanol–water partition coefficient (Wildman–Crippen LogP) is 3.83. The van der Waals surface area contributed by atoms with Gasteiger partial charge in [-0.2, -0.15) is 0 Å². The molecule has 0 bridgehead atoms. The molecule has 4 rings (SSSR count). The first-order chi connectivity index (χ1) is 12.6. The van der Waals surface area contributed by atoms with Crippen LogP contribution in [0.1, 0.15) is 16.8 Å². The van der Waals surface area contributed by atoms with Crippen molar-refractivity contribution in [3.05, 3.63) is 66.0 Å². The van der Waals surface area contributed by atoms with E-state index in [-0.39, 0.29) is 0 Å². The smallest absolute Gasteiger partial charge is 0.153 e. The van der Waals surface area contributed by atoms with Gasteiger partial charge in [-0.1, -0.05) is 30.3 Å². The molecule has 1 atom stereocenters. The summed E-state index contributed by atoms with van der Waals surface area (Å²) in [6.45, 7) is 8.41. The van der Waals surface area contributed by atoms with E-state index in [1.807, 2.05) is 25.3 Å². The second-order valence-electron chi connectivity index (χ2n) is 6.74. The fourth-order valence-corrected chi connectivity index (χ4v) is 5.01. The molecule has 0 amide bonds. The third-order valence-corrected chi connectivity index (χ3v) is 6.27. The average molecular weight is 366 g/mol. The second-order valence-corrected chi connectivity index (χ2v) is 8.06. The van der Waals surface area contributed by atoms with E-state index in [1.54, 1.807) is 6.26 Å². The first-order valence-corrected chi connectivity index (χ1v) is 10.4. The minimum atomic E-state index is -1.05. The minimum absolute atomic E-state index is 0.683. The zero-order chi connectivity index (χ0) is 18.3. The van der Waals surface area contributed by atoms with Crippen LogP contribution < -0.4 is 4.90 Å². The molecule has 0 N–H and O–H groups in total. The molecule has 1 aliphatic rings. The van der Waals surface area contributed by atoms with Gasteiger partial charge in [0.1, 0.15) is 0 Å². The number of fused-ring (bicyclic) bond motifs is 2. The zero-order valence-electron chi connectivity index (χ0n) is 15.2. The minimum Gasteiger partial charge on any atom is -0.350 e. The number of hydrogen-bond donors (Lipinski definition) is 0. The van der Waals surface area contributed by atoms with Crippen molar-refractivity contribution in [2.24, 2.45) is 0 Å². The van der Waals surface area contributed by atoms with Gasteiger partial charge in [-0.3, -0.25) is 4.21 Å². The molecule has 3 heterocycles. The largest absolute Gasteiger partial charge is 0.350 e. The molecule has 0 spiro atoms. The summed E-state index contributed by atoms with van der Waals surface area (Å²) >= 11 is 0. The topological polar surface area (TPSA) is 38.1 Å². The highest BCUT2D eigenvalue weighted by atomic mass is 32.2. The van der Waals surface area contributed by atoms with Crippen molar-refractivity contribution in [3.63, 3.8) is 0 Å². The van der Waals surface area contributed by atoms with Crippen LogP contribution >= 0.6 is 0 Å². The summed E-state index contributed by atoms with van der Waals surface area (Å²) in [6.07, 6.45) is 6.49. The standard InChI is InChI=1S/C21H23N3OS/c1-4-12-24-15(2)20(26(3)25)18-9-11-22-21(19(18)24)23-13-10-16-7-5-6-8-17(16)14-23/h4-9,11H,1,10,12-14H2,2-3H3. The number of pyridine rings is 1. The van der Waals surface area contributed by atoms with Crippen LogP contribution in [0.25, 0.3) is 10.9 Å². The van der Waals surface area contributed by atoms with E-state index < -0.39 is 10.8 Å². The summed E-state index contributed by atoms with van der Waals surface area (Å²) < 4.78 is 14.6. The van der Waals surface area contributed by atoms with Crippen molar-refractivity contribution in [1.29, 1.82) is 0 Å². The van der Waals surface area contributed by atoms with Gasteiger partial charge < -0.3 is 9.47 Å². The van der Waals surface area contributed by atoms with Gasteiger partial charge in [-0.15, -0.1) is 6.58 Å². The lowest BCUT2D eigenvalue weighted by atomic mass is 10.00. The monoisotopic (exact) mass is 365 g/mol. The second kappa shape index (κ2) is 6.72. The van der Waals surface area contributed by atoms with E-state index in [2.05, 4.69) is 40.3 Å². The molecule has 26 heavy (non-hydrogen) atoms. The highest BCUT2D eigenvalue weighted by Gasteiger charge is 2.24. The van der Waals surface area contributed by atoms with Crippen LogP contribution in [0.3, 0.4) is 0 Å². The fourth-order valence-electron chi connectivity index (χ4n) is 4.01. The Labute approximate surface area is 156 Å². The van der Waals surface area contributed by atoms with Crippen molar-refractivity contribution in [2.75, 3.05) is 17.7 Å². The normalized spacial score (nSPS) is 15.1. The number of aromatic nitrogens is 2. The van der Waals surface area contributed by atoms with Crippen molar-refractivity contribution >= 4 is 27.5 Å². The Hall–Kier alpha value is -2.40. The van der Waals surface area contributed by atoms with Gasteiger partial charge in [0.2, 0.25) is 0 Å². The number of benzene rings is 1. The maximum absolute atomic E-state index is 12.4. The van der Waals surface area contributed by atoms with Gasteiger partial charge in [-0.25, -0.2) is 4.98 Å². The molecule has 1 aromatic carbocycles. The highest BCUT2D eigenvalue weighted by molar-refractivity contribution is 7.84. The lowest BCUT2D eigenvalue weighted by molar-refractivity contribution is 0.685. The third-order valence-electron chi connectivity index (χ3n) is 5.18. The molecule has 0 saturated carbocycles. The number of allylic oxidation sites excluding steroid dienone is 1. The number of anilines is 1. The molecule has 2 aromatic heterocycles. The maximum Gasteiger partial charge on any atom is 0.153 e. The predicted molar refractivity (Wildman–Crippen MR) is 108 cm³/mol. The molecule has 134 valence electrons. The number of hydrogen-bond acceptors (Lipinski definition) is 3. The maximum atomic E-state index is 12.4. The summed E-state index contributed by atoms with van der Waals surface area (Å²) in [5, 5.41) is 1.04. The van der Waals surface area contributed by atoms with E-state index in [1.165, 1.54) is 11.1 Å². The van der Waals surface area contributed by atoms with E-state index in [4.69, 9.17) is 4.98 Å². The molecule has 0 radical (unpaired) electrons. The van der Waals surface area contributed by atoms with Crippen LogP contribution in [0.5, 0.6) is 0 Å². The molecule has 0 aliphatic carbocycles. The summed E-state index contributed by atoms with van der Waals surface area (Å²) in [6, 6.07) is 10.6. The average Bonchev–Trinajstić information content (AvgIpc) is 2.93. The van der Waals surface area contributed by atoms with Gasteiger partial charge in [0, 0.05) is 43.2 Å². The fraction of sp³-hybridized carbons (Fsp3) is 0.286. The summed E-state index contributed by atoms with van der Waals surface area (Å²) in [5.74, 6) is 0.971. The molecule has 5 heteroatoms. The SMILES string of the molecule is C=CCn1c(C)c(S(C)=O)c2ccnc(N3CCc4ccccc4C3)c21. The summed E-state index contributed by atoms with van der Waals surface area (Å²) in [4.78, 5) is 7.98. The Bertz CT molecular complexity index is 1020. The molecule has 0 saturated heterocycles. The number of rotatable bonds is 4. The van der Waals surface area contributed by atoms with Crippen LogP contribution in [0, 0.1) is 6.92 Å². The van der Waals surface area contributed by atoms with Crippen molar-refractivity contribution in [2.45, 2.75) is 31.3 Å². The molecule has 4 nitrogen and oxygen atoms in total. The van der Waals surface area contributed by atoms with Gasteiger partial charge in [0.15, 0.2) is 5.82 Å². The van der Waals surface area contributed by atoms with Gasteiger partial charge in [-0.05, 0) is 30.5 Å². The number of nitrogens with zero attached hydrogens (tertiary/aromatic N) is 3. The lowest BCUT2D eigenvalue weighted by Gasteiger charge is -2.30. The van der Waals surface area contributed by atoms with Gasteiger partial charge in [0.05, 0.1) is 21.2 Å². The molecule has 3 aromatic rings. The molecule has 1 aliphatic heterocycles. The summed E-state index contributed by atoms with van der Waals surface area (Å²) in [7, 11) is -1.05. The highest BCUT2D eigenvalue weighted by Crippen LogP contribution is 2.35. The molecule has 1 unspecified atom stereocenters. The van der Waals surface area contributed by atoms with E-state index in [0.29, 0.717) is 6.54 Å². The van der Waals surface area contributed by atoms with Crippen molar-refractivity contribution < 1.29 is 4.21 Å². The van der Waals surface area contributed by atoms with Gasteiger partial charge >= 0.3 is 0 Å². The van der Waals surface area contributed by atoms with E-state index >= 15 is 0 Å². The quantitative estimate of drug-likeness (QED) is 0.660. The Morgan fingerprint density at radius 3 is 2.77 bits per heavy atom. The van der Waals surface area contributed by atoms with Crippen molar-refractivity contribution in [1.82, 2.24) is 9.55 Å². The summed E-state index contributed by atoms with van der Waals surface area (Å²) in [5.41, 5.74) is 4.88. The van der Waals surface area contributed by atoms with Crippen molar-refractivity contribution in [3.8, 4) is 0 Å². The molecular formula is C21H23N3OS. The van der Waals surface area contributed by atoms with Crippen LogP contribution in [0.4, 0.5) is 5.82 Å². The molecular weight excluding hydrogens is 342 g/mol. The first kappa shape index (κ1) is 17.0. The van der Waals surface area contributed by atoms with Crippen LogP contribution in [-0.2, 0) is 30.3 Å². The Balaban J connectivity index is 1.90. The Morgan fingerprint density at radius 1 is 1.27 bits per heavy atom.